The highest BCUT2D eigenvalue weighted by atomic mass is 35.5. The van der Waals surface area contributed by atoms with Crippen molar-refractivity contribution in [2.45, 2.75) is 19.8 Å². The number of halogens is 1. The Bertz CT molecular complexity index is 103. The van der Waals surface area contributed by atoms with Gasteiger partial charge in [0.2, 0.25) is 0 Å². The molecule has 0 nitrogen and oxygen atoms in total. The standard InChI is InChI=1S/C7H11Cl/c1-4-5-6(2)7(3)8/h2-5H2,1H3. The van der Waals surface area contributed by atoms with E-state index in [1.807, 2.05) is 0 Å². The number of hydrogen-bond acceptors (Lipinski definition) is 0. The zero-order valence-electron chi connectivity index (χ0n) is 5.21. The summed E-state index contributed by atoms with van der Waals surface area (Å²) < 4.78 is 0. The number of rotatable bonds is 3. The molecule has 0 aliphatic carbocycles. The molecule has 46 valence electrons. The van der Waals surface area contributed by atoms with Gasteiger partial charge >= 0.3 is 0 Å². The van der Waals surface area contributed by atoms with E-state index in [0.717, 1.165) is 18.4 Å². The number of hydrogen-bond donors (Lipinski definition) is 0. The van der Waals surface area contributed by atoms with Crippen molar-refractivity contribution in [2.75, 3.05) is 0 Å². The van der Waals surface area contributed by atoms with E-state index in [1.165, 1.54) is 0 Å². The van der Waals surface area contributed by atoms with Crippen LogP contribution in [0.2, 0.25) is 0 Å². The Kier molecular flexibility index (Phi) is 3.63. The second kappa shape index (κ2) is 3.73. The van der Waals surface area contributed by atoms with Gasteiger partial charge in [-0.1, -0.05) is 38.1 Å². The zero-order valence-corrected chi connectivity index (χ0v) is 5.96. The predicted octanol–water partition coefficient (Wildman–Crippen LogP) is 3.10. The van der Waals surface area contributed by atoms with Crippen LogP contribution in [0.3, 0.4) is 0 Å². The second-order valence-corrected chi connectivity index (χ2v) is 2.21. The molecule has 0 atom stereocenters. The molecule has 0 N–H and O–H groups in total. The molecular formula is C7H11Cl. The lowest BCUT2D eigenvalue weighted by Crippen LogP contribution is -1.76. The minimum atomic E-state index is 0.590. The molecule has 0 radical (unpaired) electrons. The molecule has 0 saturated carbocycles. The first-order valence-corrected chi connectivity index (χ1v) is 3.08. The largest absolute Gasteiger partial charge is 0.0944 e. The van der Waals surface area contributed by atoms with Gasteiger partial charge < -0.3 is 0 Å². The van der Waals surface area contributed by atoms with Gasteiger partial charge in [-0.15, -0.1) is 0 Å². The van der Waals surface area contributed by atoms with Crippen molar-refractivity contribution >= 4 is 11.6 Å². The maximum absolute atomic E-state index is 5.51. The van der Waals surface area contributed by atoms with Crippen LogP contribution in [0.1, 0.15) is 19.8 Å². The van der Waals surface area contributed by atoms with E-state index in [-0.39, 0.29) is 0 Å². The monoisotopic (exact) mass is 130 g/mol. The summed E-state index contributed by atoms with van der Waals surface area (Å²) in [6.45, 7) is 9.34. The van der Waals surface area contributed by atoms with Gasteiger partial charge in [-0.2, -0.15) is 0 Å². The van der Waals surface area contributed by atoms with Crippen molar-refractivity contribution in [2.24, 2.45) is 0 Å². The van der Waals surface area contributed by atoms with E-state index in [9.17, 15) is 0 Å². The van der Waals surface area contributed by atoms with E-state index in [2.05, 4.69) is 20.1 Å². The Morgan fingerprint density at radius 2 is 2.00 bits per heavy atom. The van der Waals surface area contributed by atoms with Crippen LogP contribution < -0.4 is 0 Å². The Morgan fingerprint density at radius 3 is 2.12 bits per heavy atom. The van der Waals surface area contributed by atoms with E-state index < -0.39 is 0 Å². The third kappa shape index (κ3) is 2.86. The molecule has 0 fully saturated rings. The minimum Gasteiger partial charge on any atom is -0.0944 e. The summed E-state index contributed by atoms with van der Waals surface area (Å²) in [7, 11) is 0. The van der Waals surface area contributed by atoms with Gasteiger partial charge in [-0.3, -0.25) is 0 Å². The van der Waals surface area contributed by atoms with Crippen LogP contribution in [-0.2, 0) is 0 Å². The topological polar surface area (TPSA) is 0 Å². The van der Waals surface area contributed by atoms with Crippen molar-refractivity contribution in [1.82, 2.24) is 0 Å². The fourth-order valence-corrected chi connectivity index (χ4v) is 0.532. The van der Waals surface area contributed by atoms with E-state index in [1.54, 1.807) is 0 Å². The van der Waals surface area contributed by atoms with Gasteiger partial charge in [-0.25, -0.2) is 0 Å². The number of allylic oxidation sites excluding steroid dienone is 2. The molecule has 0 amide bonds. The fourth-order valence-electron chi connectivity index (χ4n) is 0.437. The summed E-state index contributed by atoms with van der Waals surface area (Å²) in [6, 6.07) is 0. The van der Waals surface area contributed by atoms with Crippen LogP contribution in [0.5, 0.6) is 0 Å². The zero-order chi connectivity index (χ0) is 6.57. The van der Waals surface area contributed by atoms with E-state index >= 15 is 0 Å². The van der Waals surface area contributed by atoms with Gasteiger partial charge in [0, 0.05) is 5.03 Å². The first-order chi connectivity index (χ1) is 3.68. The molecule has 1 heteroatoms. The lowest BCUT2D eigenvalue weighted by molar-refractivity contribution is 0.927. The summed E-state index contributed by atoms with van der Waals surface area (Å²) in [5.41, 5.74) is 0.953. The van der Waals surface area contributed by atoms with Crippen LogP contribution in [0.25, 0.3) is 0 Å². The van der Waals surface area contributed by atoms with Crippen LogP contribution in [0, 0.1) is 0 Å². The molecular weight excluding hydrogens is 120 g/mol. The van der Waals surface area contributed by atoms with Gasteiger partial charge in [0.1, 0.15) is 0 Å². The molecule has 0 spiro atoms. The average Bonchev–Trinajstić information content (AvgIpc) is 1.67. The van der Waals surface area contributed by atoms with Gasteiger partial charge in [0.05, 0.1) is 0 Å². The molecule has 0 heterocycles. The highest BCUT2D eigenvalue weighted by Crippen LogP contribution is 2.14. The Morgan fingerprint density at radius 1 is 1.50 bits per heavy atom. The lowest BCUT2D eigenvalue weighted by Gasteiger charge is -1.96. The normalized spacial score (nSPS) is 8.75. The van der Waals surface area contributed by atoms with Crippen molar-refractivity contribution < 1.29 is 0 Å². The Balaban J connectivity index is 3.49. The molecule has 0 saturated heterocycles. The second-order valence-electron chi connectivity index (χ2n) is 1.76. The van der Waals surface area contributed by atoms with E-state index in [0.29, 0.717) is 5.03 Å². The van der Waals surface area contributed by atoms with E-state index in [4.69, 9.17) is 11.6 Å². The third-order valence-electron chi connectivity index (χ3n) is 0.935. The molecule has 0 aromatic rings. The van der Waals surface area contributed by atoms with Crippen LogP contribution in [-0.4, -0.2) is 0 Å². The predicted molar refractivity (Wildman–Crippen MR) is 39.0 cm³/mol. The van der Waals surface area contributed by atoms with Crippen molar-refractivity contribution in [1.29, 1.82) is 0 Å². The van der Waals surface area contributed by atoms with Crippen molar-refractivity contribution in [3.63, 3.8) is 0 Å². The van der Waals surface area contributed by atoms with Gasteiger partial charge in [0.15, 0.2) is 0 Å². The quantitative estimate of drug-likeness (QED) is 0.515. The first-order valence-electron chi connectivity index (χ1n) is 2.71. The maximum atomic E-state index is 5.51. The molecule has 0 rings (SSSR count). The van der Waals surface area contributed by atoms with Crippen molar-refractivity contribution in [3.8, 4) is 0 Å². The van der Waals surface area contributed by atoms with Gasteiger partial charge in [0.25, 0.3) is 0 Å². The summed E-state index contributed by atoms with van der Waals surface area (Å²) in [5.74, 6) is 0. The van der Waals surface area contributed by atoms with Gasteiger partial charge in [-0.05, 0) is 12.0 Å². The lowest BCUT2D eigenvalue weighted by atomic mass is 10.2. The molecule has 0 aliphatic rings. The third-order valence-corrected chi connectivity index (χ3v) is 1.20. The van der Waals surface area contributed by atoms with Crippen LogP contribution in [0.4, 0.5) is 0 Å². The van der Waals surface area contributed by atoms with Crippen molar-refractivity contribution in [3.05, 3.63) is 23.8 Å². The Hall–Kier alpha value is -0.230. The smallest absolute Gasteiger partial charge is 0.0360 e. The summed E-state index contributed by atoms with van der Waals surface area (Å²) in [5, 5.41) is 0.590. The Labute approximate surface area is 55.9 Å². The maximum Gasteiger partial charge on any atom is 0.0360 e. The highest BCUT2D eigenvalue weighted by molar-refractivity contribution is 6.31. The molecule has 0 bridgehead atoms. The fraction of sp³-hybridized carbons (Fsp3) is 0.429. The summed E-state index contributed by atoms with van der Waals surface area (Å²) >= 11 is 5.51. The molecule has 0 aromatic heterocycles. The minimum absolute atomic E-state index is 0.590. The first kappa shape index (κ1) is 7.77. The van der Waals surface area contributed by atoms with Crippen LogP contribution >= 0.6 is 11.6 Å². The molecule has 8 heavy (non-hydrogen) atoms. The van der Waals surface area contributed by atoms with Crippen LogP contribution in [0.15, 0.2) is 23.8 Å². The SMILES string of the molecule is C=C(Cl)C(=C)CCC. The molecule has 0 aliphatic heterocycles. The average molecular weight is 131 g/mol. The highest BCUT2D eigenvalue weighted by Gasteiger charge is 1.91. The molecule has 0 unspecified atom stereocenters. The summed E-state index contributed by atoms with van der Waals surface area (Å²) in [6.07, 6.45) is 2.05. The molecule has 0 aromatic carbocycles. The summed E-state index contributed by atoms with van der Waals surface area (Å²) in [4.78, 5) is 0.